The fourth-order valence-electron chi connectivity index (χ4n) is 2.45. The van der Waals surface area contributed by atoms with Crippen LogP contribution in [0.5, 0.6) is 0 Å². The second-order valence-electron chi connectivity index (χ2n) is 5.86. The quantitative estimate of drug-likeness (QED) is 0.729. The number of nitrogens with zero attached hydrogens (tertiary/aromatic N) is 2. The SMILES string of the molecule is CC(=O)Nc1ccc(C(=O)OCc2cc(=O)n3cc(C)ccc3n2)cc1. The van der Waals surface area contributed by atoms with Crippen molar-refractivity contribution in [1.82, 2.24) is 9.38 Å². The van der Waals surface area contributed by atoms with Gasteiger partial charge >= 0.3 is 5.97 Å². The maximum absolute atomic E-state index is 12.1. The van der Waals surface area contributed by atoms with E-state index in [2.05, 4.69) is 10.3 Å². The van der Waals surface area contributed by atoms with E-state index in [0.29, 0.717) is 22.6 Å². The van der Waals surface area contributed by atoms with Crippen LogP contribution >= 0.6 is 0 Å². The molecule has 3 aromatic rings. The van der Waals surface area contributed by atoms with Crippen LogP contribution in [0, 0.1) is 6.92 Å². The normalized spacial score (nSPS) is 10.5. The number of rotatable bonds is 4. The topological polar surface area (TPSA) is 89.8 Å². The number of aromatic nitrogens is 2. The summed E-state index contributed by atoms with van der Waals surface area (Å²) >= 11 is 0. The van der Waals surface area contributed by atoms with Gasteiger partial charge in [-0.3, -0.25) is 14.0 Å². The lowest BCUT2D eigenvalue weighted by Crippen LogP contribution is -2.17. The average Bonchev–Trinajstić information content (AvgIpc) is 2.60. The Balaban J connectivity index is 1.71. The van der Waals surface area contributed by atoms with Gasteiger partial charge in [0.25, 0.3) is 5.56 Å². The van der Waals surface area contributed by atoms with Gasteiger partial charge in [-0.2, -0.15) is 0 Å². The Bertz CT molecular complexity index is 1040. The van der Waals surface area contributed by atoms with Crippen LogP contribution in [0.25, 0.3) is 5.65 Å². The van der Waals surface area contributed by atoms with Crippen LogP contribution in [-0.2, 0) is 16.1 Å². The first kappa shape index (κ1) is 17.3. The first-order chi connectivity index (χ1) is 12.4. The molecule has 0 saturated heterocycles. The first-order valence-electron chi connectivity index (χ1n) is 7.96. The molecule has 1 N–H and O–H groups in total. The van der Waals surface area contributed by atoms with Gasteiger partial charge < -0.3 is 10.1 Å². The molecule has 132 valence electrons. The summed E-state index contributed by atoms with van der Waals surface area (Å²) in [6, 6.07) is 11.3. The predicted octanol–water partition coefficient (Wildman–Crippen LogP) is 2.32. The number of benzene rings is 1. The number of aryl methyl sites for hydroxylation is 1. The van der Waals surface area contributed by atoms with Crippen LogP contribution < -0.4 is 10.9 Å². The number of esters is 1. The number of amides is 1. The molecule has 0 atom stereocenters. The van der Waals surface area contributed by atoms with Crippen molar-refractivity contribution in [2.24, 2.45) is 0 Å². The lowest BCUT2D eigenvalue weighted by atomic mass is 10.2. The van der Waals surface area contributed by atoms with Gasteiger partial charge in [-0.15, -0.1) is 0 Å². The standard InChI is InChI=1S/C19H17N3O4/c1-12-3-8-17-21-16(9-18(24)22(17)10-12)11-26-19(25)14-4-6-15(7-5-14)20-13(2)23/h3-10H,11H2,1-2H3,(H,20,23). The fraction of sp³-hybridized carbons (Fsp3) is 0.158. The number of nitrogens with one attached hydrogen (secondary N) is 1. The average molecular weight is 351 g/mol. The van der Waals surface area contributed by atoms with Crippen molar-refractivity contribution in [3.8, 4) is 0 Å². The molecule has 7 nitrogen and oxygen atoms in total. The van der Waals surface area contributed by atoms with E-state index in [4.69, 9.17) is 4.74 Å². The minimum Gasteiger partial charge on any atom is -0.456 e. The third-order valence-corrected chi connectivity index (χ3v) is 3.65. The van der Waals surface area contributed by atoms with Crippen LogP contribution in [0.3, 0.4) is 0 Å². The van der Waals surface area contributed by atoms with Gasteiger partial charge in [-0.1, -0.05) is 6.07 Å². The zero-order valence-corrected chi connectivity index (χ0v) is 14.4. The van der Waals surface area contributed by atoms with Crippen LogP contribution in [0.1, 0.15) is 28.5 Å². The maximum atomic E-state index is 12.1. The maximum Gasteiger partial charge on any atom is 0.338 e. The van der Waals surface area contributed by atoms with E-state index in [1.54, 1.807) is 36.5 Å². The Hall–Kier alpha value is -3.48. The zero-order valence-electron chi connectivity index (χ0n) is 14.4. The van der Waals surface area contributed by atoms with E-state index >= 15 is 0 Å². The smallest absolute Gasteiger partial charge is 0.338 e. The van der Waals surface area contributed by atoms with Gasteiger partial charge in [-0.25, -0.2) is 9.78 Å². The summed E-state index contributed by atoms with van der Waals surface area (Å²) in [5.41, 5.74) is 2.52. The van der Waals surface area contributed by atoms with E-state index in [9.17, 15) is 14.4 Å². The number of hydrogen-bond acceptors (Lipinski definition) is 5. The van der Waals surface area contributed by atoms with Crippen molar-refractivity contribution in [2.45, 2.75) is 20.5 Å². The summed E-state index contributed by atoms with van der Waals surface area (Å²) in [5.74, 6) is -0.727. The molecule has 1 aromatic carbocycles. The van der Waals surface area contributed by atoms with E-state index in [1.165, 1.54) is 17.4 Å². The Labute approximate surface area is 149 Å². The molecule has 0 unspecified atom stereocenters. The lowest BCUT2D eigenvalue weighted by molar-refractivity contribution is -0.114. The number of carbonyl (C=O) groups excluding carboxylic acids is 2. The molecular weight excluding hydrogens is 334 g/mol. The number of ether oxygens (including phenoxy) is 1. The lowest BCUT2D eigenvalue weighted by Gasteiger charge is -2.07. The summed E-state index contributed by atoms with van der Waals surface area (Å²) in [6.07, 6.45) is 1.71. The summed E-state index contributed by atoms with van der Waals surface area (Å²) in [6.45, 7) is 3.19. The third kappa shape index (κ3) is 3.94. The van der Waals surface area contributed by atoms with Crippen LogP contribution in [0.15, 0.2) is 53.5 Å². The molecule has 0 aliphatic heterocycles. The minimum atomic E-state index is -0.537. The highest BCUT2D eigenvalue weighted by molar-refractivity contribution is 5.92. The van der Waals surface area contributed by atoms with Crippen molar-refractivity contribution >= 4 is 23.2 Å². The Morgan fingerprint density at radius 3 is 2.58 bits per heavy atom. The van der Waals surface area contributed by atoms with E-state index in [0.717, 1.165) is 5.56 Å². The monoisotopic (exact) mass is 351 g/mol. The van der Waals surface area contributed by atoms with Gasteiger partial charge in [0.2, 0.25) is 5.91 Å². The third-order valence-electron chi connectivity index (χ3n) is 3.65. The van der Waals surface area contributed by atoms with Crippen LogP contribution in [-0.4, -0.2) is 21.3 Å². The fourth-order valence-corrected chi connectivity index (χ4v) is 2.45. The van der Waals surface area contributed by atoms with Gasteiger partial charge in [-0.05, 0) is 42.8 Å². The largest absolute Gasteiger partial charge is 0.456 e. The first-order valence-corrected chi connectivity index (χ1v) is 7.96. The van der Waals surface area contributed by atoms with Crippen LogP contribution in [0.2, 0.25) is 0 Å². The molecule has 26 heavy (non-hydrogen) atoms. The van der Waals surface area contributed by atoms with Crippen molar-refractivity contribution in [3.05, 3.63) is 75.8 Å². The molecule has 2 aromatic heterocycles. The Kier molecular flexibility index (Phi) is 4.79. The zero-order chi connectivity index (χ0) is 18.7. The Morgan fingerprint density at radius 1 is 1.15 bits per heavy atom. The molecule has 2 heterocycles. The number of fused-ring (bicyclic) bond motifs is 1. The Morgan fingerprint density at radius 2 is 1.88 bits per heavy atom. The van der Waals surface area contributed by atoms with Gasteiger partial charge in [0.05, 0.1) is 11.3 Å². The molecule has 0 fully saturated rings. The molecule has 0 radical (unpaired) electrons. The van der Waals surface area contributed by atoms with Crippen molar-refractivity contribution in [2.75, 3.05) is 5.32 Å². The highest BCUT2D eigenvalue weighted by Gasteiger charge is 2.10. The predicted molar refractivity (Wildman–Crippen MR) is 96.1 cm³/mol. The molecular formula is C19H17N3O4. The highest BCUT2D eigenvalue weighted by atomic mass is 16.5. The summed E-state index contributed by atoms with van der Waals surface area (Å²) in [4.78, 5) is 39.6. The van der Waals surface area contributed by atoms with Crippen molar-refractivity contribution in [1.29, 1.82) is 0 Å². The molecule has 0 aliphatic rings. The molecule has 0 saturated carbocycles. The number of hydrogen-bond donors (Lipinski definition) is 1. The second-order valence-corrected chi connectivity index (χ2v) is 5.86. The number of anilines is 1. The minimum absolute atomic E-state index is 0.105. The van der Waals surface area contributed by atoms with Crippen molar-refractivity contribution < 1.29 is 14.3 Å². The summed E-state index contributed by atoms with van der Waals surface area (Å²) in [5, 5.41) is 2.62. The summed E-state index contributed by atoms with van der Waals surface area (Å²) < 4.78 is 6.67. The molecule has 0 bridgehead atoms. The highest BCUT2D eigenvalue weighted by Crippen LogP contribution is 2.11. The number of carbonyl (C=O) groups is 2. The van der Waals surface area contributed by atoms with Gasteiger partial charge in [0.1, 0.15) is 12.3 Å². The molecule has 0 aliphatic carbocycles. The van der Waals surface area contributed by atoms with Crippen molar-refractivity contribution in [3.63, 3.8) is 0 Å². The van der Waals surface area contributed by atoms with Gasteiger partial charge in [0, 0.05) is 24.9 Å². The molecule has 0 spiro atoms. The summed E-state index contributed by atoms with van der Waals surface area (Å²) in [7, 11) is 0. The number of pyridine rings is 1. The van der Waals surface area contributed by atoms with E-state index in [-0.39, 0.29) is 18.1 Å². The second kappa shape index (κ2) is 7.18. The van der Waals surface area contributed by atoms with E-state index < -0.39 is 5.97 Å². The molecule has 1 amide bonds. The van der Waals surface area contributed by atoms with E-state index in [1.807, 2.05) is 13.0 Å². The van der Waals surface area contributed by atoms with Crippen LogP contribution in [0.4, 0.5) is 5.69 Å². The van der Waals surface area contributed by atoms with Gasteiger partial charge in [0.15, 0.2) is 0 Å². The molecule has 3 rings (SSSR count). The molecule has 7 heteroatoms.